The van der Waals surface area contributed by atoms with Gasteiger partial charge in [0.25, 0.3) is 5.56 Å². The van der Waals surface area contributed by atoms with E-state index in [1.807, 2.05) is 19.9 Å². The average molecular weight is 332 g/mol. The third kappa shape index (κ3) is 3.84. The topological polar surface area (TPSA) is 96.8 Å². The van der Waals surface area contributed by atoms with Crippen LogP contribution in [0, 0.1) is 6.92 Å². The lowest BCUT2D eigenvalue weighted by Gasteiger charge is -2.15. The molecule has 0 fully saturated rings. The van der Waals surface area contributed by atoms with Gasteiger partial charge in [-0.05, 0) is 44.1 Å². The third-order valence-corrected chi connectivity index (χ3v) is 3.54. The zero-order valence-corrected chi connectivity index (χ0v) is 14.1. The number of nitrogens with one attached hydrogen (secondary N) is 2. The Hall–Kier alpha value is -2.48. The highest BCUT2D eigenvalue weighted by atomic mass is 32.1. The zero-order chi connectivity index (χ0) is 17.0. The second kappa shape index (κ2) is 7.19. The van der Waals surface area contributed by atoms with E-state index in [-0.39, 0.29) is 16.7 Å². The first-order valence-electron chi connectivity index (χ1n) is 7.31. The summed E-state index contributed by atoms with van der Waals surface area (Å²) < 4.78 is 1.50. The number of thiocarbonyl (C=S) groups is 1. The highest BCUT2D eigenvalue weighted by Crippen LogP contribution is 2.13. The molecule has 0 aliphatic rings. The Morgan fingerprint density at radius 1 is 1.61 bits per heavy atom. The van der Waals surface area contributed by atoms with Gasteiger partial charge < -0.3 is 11.1 Å². The Labute approximate surface area is 139 Å². The minimum Gasteiger partial charge on any atom is -0.375 e. The van der Waals surface area contributed by atoms with E-state index in [2.05, 4.69) is 27.8 Å². The van der Waals surface area contributed by atoms with Crippen LogP contribution in [0.2, 0.25) is 0 Å². The summed E-state index contributed by atoms with van der Waals surface area (Å²) in [5.74, 6) is 0.493. The number of fused-ring (bicyclic) bond motifs is 1. The maximum absolute atomic E-state index is 12.7. The molecule has 1 unspecified atom stereocenters. The predicted octanol–water partition coefficient (Wildman–Crippen LogP) is 1.38. The molecule has 0 saturated carbocycles. The van der Waals surface area contributed by atoms with Gasteiger partial charge >= 0.3 is 0 Å². The predicted molar refractivity (Wildman–Crippen MR) is 97.1 cm³/mol. The van der Waals surface area contributed by atoms with Crippen LogP contribution in [0.5, 0.6) is 0 Å². The molecule has 7 nitrogen and oxygen atoms in total. The van der Waals surface area contributed by atoms with Crippen LogP contribution < -0.4 is 22.0 Å². The molecule has 122 valence electrons. The van der Waals surface area contributed by atoms with Crippen molar-refractivity contribution in [2.45, 2.75) is 33.2 Å². The average Bonchev–Trinajstić information content (AvgIpc) is 2.51. The Kier molecular flexibility index (Phi) is 5.28. The second-order valence-corrected chi connectivity index (χ2v) is 5.69. The molecule has 2 heterocycles. The molecule has 1 atom stereocenters. The van der Waals surface area contributed by atoms with Crippen LogP contribution >= 0.6 is 12.2 Å². The van der Waals surface area contributed by atoms with Crippen molar-refractivity contribution >= 4 is 35.0 Å². The summed E-state index contributed by atoms with van der Waals surface area (Å²) in [6.07, 6.45) is 3.97. The molecule has 0 radical (unpaired) electrons. The lowest BCUT2D eigenvalue weighted by atomic mass is 10.2. The van der Waals surface area contributed by atoms with Crippen molar-refractivity contribution in [1.82, 2.24) is 14.8 Å². The Bertz CT molecular complexity index is 813. The molecule has 2 rings (SSSR count). The van der Waals surface area contributed by atoms with Crippen molar-refractivity contribution < 1.29 is 0 Å². The van der Waals surface area contributed by atoms with Gasteiger partial charge in [-0.1, -0.05) is 13.0 Å². The standard InChI is InChI=1S/C15H20N6OS/c1-4-10(3)18-12-11(8-17-20-15(16)23)14(22)21-7-5-6-9(2)13(21)19-12/h5-8,10,18H,4H2,1-3H3,(H3,16,20,23). The van der Waals surface area contributed by atoms with Crippen molar-refractivity contribution in [1.29, 1.82) is 0 Å². The molecule has 0 saturated heterocycles. The van der Waals surface area contributed by atoms with Gasteiger partial charge in [-0.25, -0.2) is 4.98 Å². The summed E-state index contributed by atoms with van der Waals surface area (Å²) >= 11 is 4.70. The quantitative estimate of drug-likeness (QED) is 0.435. The molecule has 2 aromatic heterocycles. The van der Waals surface area contributed by atoms with Crippen LogP contribution in [0.15, 0.2) is 28.2 Å². The molecule has 0 bridgehead atoms. The fraction of sp³-hybridized carbons (Fsp3) is 0.333. The highest BCUT2D eigenvalue weighted by Gasteiger charge is 2.13. The van der Waals surface area contributed by atoms with Gasteiger partial charge in [0.1, 0.15) is 17.0 Å². The van der Waals surface area contributed by atoms with Crippen molar-refractivity contribution in [3.8, 4) is 0 Å². The summed E-state index contributed by atoms with van der Waals surface area (Å²) in [4.78, 5) is 17.3. The molecular formula is C15H20N6OS. The van der Waals surface area contributed by atoms with Crippen LogP contribution in [-0.2, 0) is 0 Å². The number of aromatic nitrogens is 2. The SMILES string of the molecule is CCC(C)Nc1nc2c(C)cccn2c(=O)c1C=NNC(N)=S. The number of hydrogen-bond acceptors (Lipinski definition) is 5. The number of hydrazone groups is 1. The van der Waals surface area contributed by atoms with E-state index in [0.717, 1.165) is 12.0 Å². The van der Waals surface area contributed by atoms with E-state index in [9.17, 15) is 4.79 Å². The number of pyridine rings is 1. The first-order valence-corrected chi connectivity index (χ1v) is 7.72. The number of aryl methyl sites for hydroxylation is 1. The molecular weight excluding hydrogens is 312 g/mol. The van der Waals surface area contributed by atoms with Gasteiger partial charge in [0.15, 0.2) is 5.11 Å². The third-order valence-electron chi connectivity index (χ3n) is 3.45. The number of nitrogens with zero attached hydrogens (tertiary/aromatic N) is 3. The van der Waals surface area contributed by atoms with E-state index in [1.165, 1.54) is 10.6 Å². The molecule has 0 aliphatic carbocycles. The maximum atomic E-state index is 12.7. The van der Waals surface area contributed by atoms with Crippen molar-refractivity contribution in [3.63, 3.8) is 0 Å². The smallest absolute Gasteiger partial charge is 0.268 e. The summed E-state index contributed by atoms with van der Waals surface area (Å²) in [5, 5.41) is 7.17. The monoisotopic (exact) mass is 332 g/mol. The number of nitrogens with two attached hydrogens (primary N) is 1. The van der Waals surface area contributed by atoms with Gasteiger partial charge in [-0.15, -0.1) is 0 Å². The summed E-state index contributed by atoms with van der Waals surface area (Å²) in [6.45, 7) is 5.99. The molecule has 4 N–H and O–H groups in total. The largest absolute Gasteiger partial charge is 0.375 e. The lowest BCUT2D eigenvalue weighted by molar-refractivity contribution is 0.758. The molecule has 0 aliphatic heterocycles. The van der Waals surface area contributed by atoms with Gasteiger partial charge in [0.05, 0.1) is 6.21 Å². The lowest BCUT2D eigenvalue weighted by Crippen LogP contribution is -2.27. The summed E-state index contributed by atoms with van der Waals surface area (Å²) in [7, 11) is 0. The minimum atomic E-state index is -0.210. The molecule has 0 spiro atoms. The minimum absolute atomic E-state index is 0.0300. The Balaban J connectivity index is 2.62. The Morgan fingerprint density at radius 2 is 2.35 bits per heavy atom. The summed E-state index contributed by atoms with van der Waals surface area (Å²) in [5.41, 5.74) is 9.45. The molecule has 0 aromatic carbocycles. The van der Waals surface area contributed by atoms with Crippen LogP contribution in [-0.4, -0.2) is 26.8 Å². The van der Waals surface area contributed by atoms with Crippen LogP contribution in [0.4, 0.5) is 5.82 Å². The van der Waals surface area contributed by atoms with E-state index in [1.54, 1.807) is 12.3 Å². The van der Waals surface area contributed by atoms with Crippen LogP contribution in [0.25, 0.3) is 5.65 Å². The van der Waals surface area contributed by atoms with Crippen LogP contribution in [0.3, 0.4) is 0 Å². The van der Waals surface area contributed by atoms with Gasteiger partial charge in [-0.2, -0.15) is 5.10 Å². The number of rotatable bonds is 5. The van der Waals surface area contributed by atoms with Gasteiger partial charge in [0.2, 0.25) is 0 Å². The first-order chi connectivity index (χ1) is 10.9. The highest BCUT2D eigenvalue weighted by molar-refractivity contribution is 7.80. The Morgan fingerprint density at radius 3 is 3.00 bits per heavy atom. The maximum Gasteiger partial charge on any atom is 0.268 e. The van der Waals surface area contributed by atoms with E-state index < -0.39 is 0 Å². The van der Waals surface area contributed by atoms with Crippen molar-refractivity contribution in [2.24, 2.45) is 10.8 Å². The first kappa shape index (κ1) is 16.9. The van der Waals surface area contributed by atoms with Crippen LogP contribution in [0.1, 0.15) is 31.4 Å². The molecule has 8 heteroatoms. The summed E-state index contributed by atoms with van der Waals surface area (Å²) in [6, 6.07) is 3.89. The zero-order valence-electron chi connectivity index (χ0n) is 13.3. The fourth-order valence-corrected chi connectivity index (χ4v) is 2.09. The van der Waals surface area contributed by atoms with Gasteiger partial charge in [-0.3, -0.25) is 14.6 Å². The normalized spacial score (nSPS) is 12.5. The van der Waals surface area contributed by atoms with Crippen molar-refractivity contribution in [3.05, 3.63) is 39.8 Å². The van der Waals surface area contributed by atoms with E-state index in [0.29, 0.717) is 17.0 Å². The fourth-order valence-electron chi connectivity index (χ4n) is 2.03. The number of anilines is 1. The molecule has 23 heavy (non-hydrogen) atoms. The number of hydrogen-bond donors (Lipinski definition) is 3. The second-order valence-electron chi connectivity index (χ2n) is 5.25. The molecule has 2 aromatic rings. The van der Waals surface area contributed by atoms with E-state index in [4.69, 9.17) is 18.0 Å². The van der Waals surface area contributed by atoms with E-state index >= 15 is 0 Å². The van der Waals surface area contributed by atoms with Crippen molar-refractivity contribution in [2.75, 3.05) is 5.32 Å². The van der Waals surface area contributed by atoms with Gasteiger partial charge in [0, 0.05) is 12.2 Å². The molecule has 0 amide bonds.